The van der Waals surface area contributed by atoms with Gasteiger partial charge in [0.2, 0.25) is 0 Å². The van der Waals surface area contributed by atoms with E-state index in [2.05, 4.69) is 4.57 Å². The molecule has 7 nitrogen and oxygen atoms in total. The summed E-state index contributed by atoms with van der Waals surface area (Å²) in [6, 6.07) is 20.7. The summed E-state index contributed by atoms with van der Waals surface area (Å²) in [6.45, 7) is 7.34. The minimum absolute atomic E-state index is 0.0349. The van der Waals surface area contributed by atoms with Crippen molar-refractivity contribution in [3.63, 3.8) is 0 Å². The van der Waals surface area contributed by atoms with E-state index in [9.17, 15) is 18.4 Å². The van der Waals surface area contributed by atoms with Crippen molar-refractivity contribution in [1.82, 2.24) is 14.4 Å². The van der Waals surface area contributed by atoms with Gasteiger partial charge < -0.3 is 23.8 Å². The fourth-order valence-electron chi connectivity index (χ4n) is 6.82. The molecule has 2 amide bonds. The van der Waals surface area contributed by atoms with Gasteiger partial charge in [-0.25, -0.2) is 18.4 Å². The van der Waals surface area contributed by atoms with Crippen LogP contribution in [-0.4, -0.2) is 57.8 Å². The van der Waals surface area contributed by atoms with Crippen molar-refractivity contribution in [1.29, 1.82) is 0 Å². The van der Waals surface area contributed by atoms with Crippen LogP contribution in [0.4, 0.5) is 18.4 Å². The number of hydrogen-bond donors (Lipinski definition) is 0. The number of rotatable bonds is 6. The fraction of sp³-hybridized carbons (Fsp3) is 0.405. The summed E-state index contributed by atoms with van der Waals surface area (Å²) in [5.41, 5.74) is 3.78. The molecule has 1 aromatic heterocycles. The van der Waals surface area contributed by atoms with Crippen LogP contribution in [0.2, 0.25) is 0 Å². The van der Waals surface area contributed by atoms with Crippen LogP contribution in [0, 0.1) is 11.6 Å². The minimum Gasteiger partial charge on any atom is -0.445 e. The quantitative estimate of drug-likeness (QED) is 0.215. The number of piperidine rings is 1. The normalized spacial score (nSPS) is 17.5. The Hall–Kier alpha value is -4.40. The van der Waals surface area contributed by atoms with Gasteiger partial charge in [-0.2, -0.15) is 0 Å². The van der Waals surface area contributed by atoms with E-state index in [0.29, 0.717) is 38.9 Å². The number of nitrogens with zero attached hydrogens (tertiary/aromatic N) is 3. The van der Waals surface area contributed by atoms with Gasteiger partial charge in [0.1, 0.15) is 23.8 Å². The van der Waals surface area contributed by atoms with Crippen molar-refractivity contribution in [2.24, 2.45) is 0 Å². The van der Waals surface area contributed by atoms with Gasteiger partial charge in [0, 0.05) is 37.1 Å². The molecule has 2 saturated heterocycles. The van der Waals surface area contributed by atoms with Gasteiger partial charge in [-0.15, -0.1) is 0 Å². The standard InChI is InChI=1S/C37H41F2N3O4/c1-37(2,3)46-35(43)40-20-17-29(18-21-40)42-33-22-28(39)15-16-31(33)32(34(42)26-11-13-27(38)14-12-26)23-30-10-7-19-41(30)36(44)45-24-25-8-5-4-6-9-25/h4-6,8-9,11-16,22,29-30H,7,10,17-21,23-24H2,1-3H3/t30-/m0/s1. The molecule has 2 aliphatic heterocycles. The molecule has 3 aromatic carbocycles. The average molecular weight is 630 g/mol. The lowest BCUT2D eigenvalue weighted by atomic mass is 9.97. The van der Waals surface area contributed by atoms with Crippen molar-refractivity contribution in [2.75, 3.05) is 19.6 Å². The van der Waals surface area contributed by atoms with Crippen LogP contribution >= 0.6 is 0 Å². The Balaban J connectivity index is 1.34. The molecule has 4 aromatic rings. The second-order valence-electron chi connectivity index (χ2n) is 13.3. The molecular weight excluding hydrogens is 588 g/mol. The van der Waals surface area contributed by atoms with Crippen LogP contribution in [0.5, 0.6) is 0 Å². The third-order valence-corrected chi connectivity index (χ3v) is 8.93. The van der Waals surface area contributed by atoms with Gasteiger partial charge in [-0.05, 0) is 112 Å². The van der Waals surface area contributed by atoms with E-state index in [-0.39, 0.29) is 42.5 Å². The molecule has 242 valence electrons. The highest BCUT2D eigenvalue weighted by Crippen LogP contribution is 2.41. The van der Waals surface area contributed by atoms with Crippen molar-refractivity contribution in [3.05, 3.63) is 95.6 Å². The number of likely N-dealkylation sites (tertiary alicyclic amines) is 2. The summed E-state index contributed by atoms with van der Waals surface area (Å²) in [6.07, 6.45) is 2.81. The largest absolute Gasteiger partial charge is 0.445 e. The maximum absolute atomic E-state index is 14.9. The first-order chi connectivity index (χ1) is 22.1. The summed E-state index contributed by atoms with van der Waals surface area (Å²) in [5, 5.41) is 0.903. The van der Waals surface area contributed by atoms with Crippen LogP contribution < -0.4 is 0 Å². The Morgan fingerprint density at radius 1 is 0.848 bits per heavy atom. The molecule has 0 N–H and O–H groups in total. The lowest BCUT2D eigenvalue weighted by Gasteiger charge is -2.35. The second-order valence-corrected chi connectivity index (χ2v) is 13.3. The molecule has 1 atom stereocenters. The van der Waals surface area contributed by atoms with E-state index < -0.39 is 5.60 Å². The molecule has 2 aliphatic rings. The molecule has 3 heterocycles. The van der Waals surface area contributed by atoms with Gasteiger partial charge in [-0.3, -0.25) is 0 Å². The van der Waals surface area contributed by atoms with Crippen LogP contribution in [0.25, 0.3) is 22.2 Å². The zero-order valence-electron chi connectivity index (χ0n) is 26.7. The predicted octanol–water partition coefficient (Wildman–Crippen LogP) is 8.50. The number of ether oxygens (including phenoxy) is 2. The number of halogens is 2. The SMILES string of the molecule is CC(C)(C)OC(=O)N1CCC(n2c(-c3ccc(F)cc3)c(C[C@@H]3CCCN3C(=O)OCc3ccccc3)c3ccc(F)cc32)CC1. The van der Waals surface area contributed by atoms with Crippen molar-refractivity contribution >= 4 is 23.1 Å². The van der Waals surface area contributed by atoms with Crippen LogP contribution in [0.3, 0.4) is 0 Å². The summed E-state index contributed by atoms with van der Waals surface area (Å²) in [7, 11) is 0. The van der Waals surface area contributed by atoms with E-state index in [0.717, 1.165) is 46.1 Å². The van der Waals surface area contributed by atoms with Gasteiger partial charge >= 0.3 is 12.2 Å². The highest BCUT2D eigenvalue weighted by Gasteiger charge is 2.35. The van der Waals surface area contributed by atoms with E-state index in [1.54, 1.807) is 23.1 Å². The summed E-state index contributed by atoms with van der Waals surface area (Å²) in [5.74, 6) is -0.686. The minimum atomic E-state index is -0.588. The molecule has 46 heavy (non-hydrogen) atoms. The highest BCUT2D eigenvalue weighted by atomic mass is 19.1. The maximum Gasteiger partial charge on any atom is 0.410 e. The number of carbonyl (C=O) groups is 2. The monoisotopic (exact) mass is 629 g/mol. The zero-order valence-corrected chi connectivity index (χ0v) is 26.7. The van der Waals surface area contributed by atoms with Gasteiger partial charge in [-0.1, -0.05) is 30.3 Å². The zero-order chi connectivity index (χ0) is 32.4. The lowest BCUT2D eigenvalue weighted by Crippen LogP contribution is -2.42. The van der Waals surface area contributed by atoms with Crippen LogP contribution in [0.1, 0.15) is 63.6 Å². The van der Waals surface area contributed by atoms with E-state index in [1.165, 1.54) is 18.2 Å². The van der Waals surface area contributed by atoms with Crippen LogP contribution in [0.15, 0.2) is 72.8 Å². The molecule has 0 unspecified atom stereocenters. The molecule has 0 bridgehead atoms. The van der Waals surface area contributed by atoms with Crippen molar-refractivity contribution in [3.8, 4) is 11.3 Å². The van der Waals surface area contributed by atoms with Crippen LogP contribution in [-0.2, 0) is 22.5 Å². The van der Waals surface area contributed by atoms with E-state index in [1.807, 2.05) is 62.1 Å². The molecule has 0 radical (unpaired) electrons. The Kier molecular flexibility index (Phi) is 9.02. The number of hydrogen-bond acceptors (Lipinski definition) is 4. The number of benzene rings is 3. The molecule has 0 spiro atoms. The van der Waals surface area contributed by atoms with Crippen molar-refractivity contribution < 1.29 is 27.8 Å². The Morgan fingerprint density at radius 3 is 2.24 bits per heavy atom. The molecule has 0 aliphatic carbocycles. The van der Waals surface area contributed by atoms with Gasteiger partial charge in [0.15, 0.2) is 0 Å². The Morgan fingerprint density at radius 2 is 1.54 bits per heavy atom. The number of aromatic nitrogens is 1. The first-order valence-corrected chi connectivity index (χ1v) is 16.1. The Labute approximate surface area is 268 Å². The van der Waals surface area contributed by atoms with E-state index in [4.69, 9.17) is 9.47 Å². The molecule has 6 rings (SSSR count). The summed E-state index contributed by atoms with van der Waals surface area (Å²) >= 11 is 0. The third kappa shape index (κ3) is 6.88. The molecule has 2 fully saturated rings. The number of amides is 2. The Bertz CT molecular complexity index is 1690. The first kappa shape index (κ1) is 31.6. The number of fused-ring (bicyclic) bond motifs is 1. The van der Waals surface area contributed by atoms with E-state index >= 15 is 0 Å². The van der Waals surface area contributed by atoms with Gasteiger partial charge in [0.05, 0.1) is 11.2 Å². The second kappa shape index (κ2) is 13.1. The molecular formula is C37H41F2N3O4. The smallest absolute Gasteiger partial charge is 0.410 e. The van der Waals surface area contributed by atoms with Crippen molar-refractivity contribution in [2.45, 2.75) is 77.2 Å². The average Bonchev–Trinajstić information content (AvgIpc) is 3.62. The lowest BCUT2D eigenvalue weighted by molar-refractivity contribution is 0.0190. The van der Waals surface area contributed by atoms with Gasteiger partial charge in [0.25, 0.3) is 0 Å². The fourth-order valence-corrected chi connectivity index (χ4v) is 6.82. The molecule has 0 saturated carbocycles. The third-order valence-electron chi connectivity index (χ3n) is 8.93. The first-order valence-electron chi connectivity index (χ1n) is 16.1. The molecule has 9 heteroatoms. The predicted molar refractivity (Wildman–Crippen MR) is 173 cm³/mol. The summed E-state index contributed by atoms with van der Waals surface area (Å²) in [4.78, 5) is 29.7. The highest BCUT2D eigenvalue weighted by molar-refractivity contribution is 5.92. The topological polar surface area (TPSA) is 64.0 Å². The maximum atomic E-state index is 14.9. The summed E-state index contributed by atoms with van der Waals surface area (Å²) < 4.78 is 42.6. The number of carbonyl (C=O) groups excluding carboxylic acids is 2.